The zero-order chi connectivity index (χ0) is 26.2. The van der Waals surface area contributed by atoms with Crippen LogP contribution in [0.3, 0.4) is 0 Å². The van der Waals surface area contributed by atoms with Crippen LogP contribution < -0.4 is 21.1 Å². The molecule has 9 heteroatoms. The molecule has 1 aliphatic carbocycles. The third kappa shape index (κ3) is 4.52. The number of hydrogen-bond acceptors (Lipinski definition) is 7. The number of pyridine rings is 3. The Kier molecular flexibility index (Phi) is 6.55. The van der Waals surface area contributed by atoms with Crippen molar-refractivity contribution in [2.24, 2.45) is 0 Å². The molecule has 3 aromatic heterocycles. The fraction of sp³-hybridized carbons (Fsp3) is 0.345. The van der Waals surface area contributed by atoms with E-state index in [0.29, 0.717) is 33.7 Å². The molecule has 4 heterocycles. The number of nitrogens with zero attached hydrogens (tertiary/aromatic N) is 3. The summed E-state index contributed by atoms with van der Waals surface area (Å²) in [6.07, 6.45) is 7.32. The largest absolute Gasteiger partial charge is 0.393 e. The van der Waals surface area contributed by atoms with E-state index in [2.05, 4.69) is 25.5 Å². The van der Waals surface area contributed by atoms with E-state index in [-0.39, 0.29) is 23.5 Å². The number of nitrogens with one attached hydrogen (secondary N) is 3. The van der Waals surface area contributed by atoms with Crippen LogP contribution in [0.15, 0.2) is 53.6 Å². The lowest BCUT2D eigenvalue weighted by atomic mass is 9.83. The molecular weight excluding hydrogens is 483 g/mol. The highest BCUT2D eigenvalue weighted by Crippen LogP contribution is 2.39. The van der Waals surface area contributed by atoms with Crippen molar-refractivity contribution in [2.75, 3.05) is 30.4 Å². The molecule has 1 atom stereocenters. The quantitative estimate of drug-likeness (QED) is 0.312. The predicted octanol–water partition coefficient (Wildman–Crippen LogP) is 4.43. The van der Waals surface area contributed by atoms with Crippen molar-refractivity contribution in [2.45, 2.75) is 44.2 Å². The van der Waals surface area contributed by atoms with Gasteiger partial charge in [0.15, 0.2) is 0 Å². The lowest BCUT2D eigenvalue weighted by molar-refractivity contribution is 0.145. The molecule has 0 saturated carbocycles. The number of halogens is 1. The van der Waals surface area contributed by atoms with Crippen LogP contribution in [0.4, 0.5) is 21.6 Å². The molecule has 4 N–H and O–H groups in total. The summed E-state index contributed by atoms with van der Waals surface area (Å²) in [6.45, 7) is 1.56. The Bertz CT molecular complexity index is 1530. The van der Waals surface area contributed by atoms with Crippen molar-refractivity contribution in [3.63, 3.8) is 0 Å². The molecule has 0 spiro atoms. The van der Waals surface area contributed by atoms with E-state index >= 15 is 4.39 Å². The first-order valence-corrected chi connectivity index (χ1v) is 13.2. The summed E-state index contributed by atoms with van der Waals surface area (Å²) in [4.78, 5) is 27.1. The molecular formula is C29H31FN6O2. The molecule has 0 amide bonds. The monoisotopic (exact) mass is 514 g/mol. The molecule has 0 radical (unpaired) electrons. The smallest absolute Gasteiger partial charge is 0.259 e. The first-order valence-electron chi connectivity index (χ1n) is 13.2. The third-order valence-electron chi connectivity index (χ3n) is 7.77. The Balaban J connectivity index is 1.41. The number of aliphatic hydroxyl groups excluding tert-OH is 1. The highest BCUT2D eigenvalue weighted by atomic mass is 19.1. The normalized spacial score (nSPS) is 18.0. The van der Waals surface area contributed by atoms with Gasteiger partial charge in [-0.15, -0.1) is 0 Å². The maximum atomic E-state index is 15.4. The zero-order valence-corrected chi connectivity index (χ0v) is 21.3. The van der Waals surface area contributed by atoms with Gasteiger partial charge in [0.05, 0.1) is 40.3 Å². The minimum atomic E-state index is -0.322. The second kappa shape index (κ2) is 10.2. The minimum absolute atomic E-state index is 0.171. The maximum absolute atomic E-state index is 15.4. The summed E-state index contributed by atoms with van der Waals surface area (Å²) >= 11 is 0. The average Bonchev–Trinajstić information content (AvgIpc) is 2.93. The summed E-state index contributed by atoms with van der Waals surface area (Å²) in [6, 6.07) is 10.9. The number of aromatic amines is 1. The van der Waals surface area contributed by atoms with Gasteiger partial charge in [-0.05, 0) is 80.6 Å². The molecule has 38 heavy (non-hydrogen) atoms. The van der Waals surface area contributed by atoms with E-state index < -0.39 is 0 Å². The number of benzene rings is 1. The molecule has 196 valence electrons. The molecule has 1 unspecified atom stereocenters. The first kappa shape index (κ1) is 24.5. The van der Waals surface area contributed by atoms with E-state index in [1.54, 1.807) is 24.5 Å². The molecule has 1 aliphatic heterocycles. The second-order valence-electron chi connectivity index (χ2n) is 10.1. The van der Waals surface area contributed by atoms with Gasteiger partial charge in [-0.25, -0.2) is 14.4 Å². The summed E-state index contributed by atoms with van der Waals surface area (Å²) < 4.78 is 15.4. The Labute approximate surface area is 220 Å². The van der Waals surface area contributed by atoms with Crippen molar-refractivity contribution >= 4 is 28.1 Å². The molecule has 1 aromatic carbocycles. The molecule has 8 nitrogen and oxygen atoms in total. The molecule has 6 rings (SSSR count). The molecule has 4 aromatic rings. The lowest BCUT2D eigenvalue weighted by Crippen LogP contribution is -2.35. The van der Waals surface area contributed by atoms with Crippen LogP contribution in [0.25, 0.3) is 22.2 Å². The molecule has 2 aliphatic rings. The highest BCUT2D eigenvalue weighted by molar-refractivity contribution is 5.94. The maximum Gasteiger partial charge on any atom is 0.259 e. The number of piperidine rings is 1. The van der Waals surface area contributed by atoms with Crippen LogP contribution >= 0.6 is 0 Å². The molecule has 1 fully saturated rings. The van der Waals surface area contributed by atoms with Crippen molar-refractivity contribution < 1.29 is 9.50 Å². The minimum Gasteiger partial charge on any atom is -0.393 e. The van der Waals surface area contributed by atoms with Crippen LogP contribution in [0, 0.1) is 5.82 Å². The molecule has 0 bridgehead atoms. The Hall–Kier alpha value is -3.82. The molecule has 1 saturated heterocycles. The van der Waals surface area contributed by atoms with Crippen LogP contribution in [-0.2, 0) is 6.42 Å². The summed E-state index contributed by atoms with van der Waals surface area (Å²) in [5.74, 6) is 0.246. The number of fused-ring (bicyclic) bond motifs is 2. The van der Waals surface area contributed by atoms with E-state index in [1.807, 2.05) is 25.2 Å². The van der Waals surface area contributed by atoms with Crippen molar-refractivity contribution in [1.82, 2.24) is 20.3 Å². The van der Waals surface area contributed by atoms with E-state index in [4.69, 9.17) is 4.98 Å². The van der Waals surface area contributed by atoms with Crippen LogP contribution in [0.5, 0.6) is 0 Å². The third-order valence-corrected chi connectivity index (χ3v) is 7.77. The van der Waals surface area contributed by atoms with Gasteiger partial charge in [-0.2, -0.15) is 0 Å². The van der Waals surface area contributed by atoms with E-state index in [1.165, 1.54) is 6.07 Å². The predicted molar refractivity (Wildman–Crippen MR) is 147 cm³/mol. The van der Waals surface area contributed by atoms with E-state index in [0.717, 1.165) is 62.0 Å². The van der Waals surface area contributed by atoms with Crippen LogP contribution in [0.1, 0.15) is 42.9 Å². The standard InChI is InChI=1S/C29H31FN6O2/c1-31-22-4-2-3-20-19(22)6-7-21(30)27(20)24-15-25(28-23(34-24)9-12-32-29(28)38)35-26-8-5-17(16-33-26)36-13-10-18(37)11-14-36/h5-9,12,15-16,18,22,31,37H,2-4,10-11,13-14H2,1H3,(H,32,38)(H,33,34,35). The van der Waals surface area contributed by atoms with Gasteiger partial charge in [0, 0.05) is 30.9 Å². The number of anilines is 3. The Morgan fingerprint density at radius 1 is 1.13 bits per heavy atom. The fourth-order valence-electron chi connectivity index (χ4n) is 5.77. The lowest BCUT2D eigenvalue weighted by Gasteiger charge is -2.31. The van der Waals surface area contributed by atoms with Gasteiger partial charge in [-0.1, -0.05) is 6.07 Å². The van der Waals surface area contributed by atoms with Gasteiger partial charge in [-0.3, -0.25) is 4.79 Å². The van der Waals surface area contributed by atoms with Crippen molar-refractivity contribution in [3.8, 4) is 11.3 Å². The highest BCUT2D eigenvalue weighted by Gasteiger charge is 2.25. The van der Waals surface area contributed by atoms with Gasteiger partial charge in [0.25, 0.3) is 5.56 Å². The van der Waals surface area contributed by atoms with Crippen LogP contribution in [0.2, 0.25) is 0 Å². The number of aromatic nitrogens is 3. The SMILES string of the molecule is CNC1CCCc2c1ccc(F)c2-c1cc(Nc2ccc(N3CCC(O)CC3)cn2)c2c(=O)[nH]ccc2n1. The second-order valence-corrected chi connectivity index (χ2v) is 10.1. The van der Waals surface area contributed by atoms with Gasteiger partial charge >= 0.3 is 0 Å². The van der Waals surface area contributed by atoms with Crippen LogP contribution in [-0.4, -0.2) is 46.3 Å². The van der Waals surface area contributed by atoms with Gasteiger partial charge in [0.2, 0.25) is 0 Å². The summed E-state index contributed by atoms with van der Waals surface area (Å²) in [5.41, 5.74) is 4.74. The Morgan fingerprint density at radius 3 is 2.74 bits per heavy atom. The number of hydrogen-bond donors (Lipinski definition) is 4. The van der Waals surface area contributed by atoms with Crippen molar-refractivity contribution in [1.29, 1.82) is 0 Å². The number of H-pyrrole nitrogens is 1. The number of rotatable bonds is 5. The van der Waals surface area contributed by atoms with Gasteiger partial charge in [0.1, 0.15) is 11.6 Å². The summed E-state index contributed by atoms with van der Waals surface area (Å²) in [7, 11) is 1.93. The van der Waals surface area contributed by atoms with E-state index in [9.17, 15) is 9.90 Å². The first-order chi connectivity index (χ1) is 18.5. The number of aliphatic hydroxyl groups is 1. The van der Waals surface area contributed by atoms with Gasteiger partial charge < -0.3 is 25.6 Å². The summed E-state index contributed by atoms with van der Waals surface area (Å²) in [5, 5.41) is 16.8. The Morgan fingerprint density at radius 2 is 1.97 bits per heavy atom. The topological polar surface area (TPSA) is 106 Å². The zero-order valence-electron chi connectivity index (χ0n) is 21.3. The average molecular weight is 515 g/mol. The van der Waals surface area contributed by atoms with Crippen molar-refractivity contribution in [3.05, 3.63) is 76.1 Å². The fourth-order valence-corrected chi connectivity index (χ4v) is 5.77.